The Morgan fingerprint density at radius 3 is 2.83 bits per heavy atom. The molecule has 0 aromatic heterocycles. The molecule has 0 aliphatic carbocycles. The van der Waals surface area contributed by atoms with Gasteiger partial charge in [0.15, 0.2) is 0 Å². The molecule has 6 nitrogen and oxygen atoms in total. The molecule has 1 aromatic rings. The van der Waals surface area contributed by atoms with Gasteiger partial charge in [-0.25, -0.2) is 0 Å². The van der Waals surface area contributed by atoms with Crippen LogP contribution in [0.1, 0.15) is 41.6 Å². The number of carbonyl (C=O) groups is 3. The van der Waals surface area contributed by atoms with E-state index in [4.69, 9.17) is 11.6 Å². The Kier molecular flexibility index (Phi) is 5.04. The van der Waals surface area contributed by atoms with E-state index in [0.717, 1.165) is 30.6 Å². The molecule has 2 N–H and O–H groups in total. The minimum absolute atomic E-state index is 0.149. The average molecular weight is 350 g/mol. The second kappa shape index (κ2) is 7.21. The zero-order valence-corrected chi connectivity index (χ0v) is 14.1. The van der Waals surface area contributed by atoms with E-state index in [-0.39, 0.29) is 24.1 Å². The van der Waals surface area contributed by atoms with E-state index in [1.54, 1.807) is 11.0 Å². The fourth-order valence-corrected chi connectivity index (χ4v) is 3.38. The monoisotopic (exact) mass is 349 g/mol. The van der Waals surface area contributed by atoms with Gasteiger partial charge in [0, 0.05) is 42.2 Å². The maximum atomic E-state index is 12.7. The molecule has 2 heterocycles. The van der Waals surface area contributed by atoms with E-state index in [9.17, 15) is 14.4 Å². The van der Waals surface area contributed by atoms with Crippen molar-refractivity contribution in [1.29, 1.82) is 0 Å². The molecule has 0 bridgehead atoms. The van der Waals surface area contributed by atoms with E-state index >= 15 is 0 Å². The van der Waals surface area contributed by atoms with E-state index < -0.39 is 6.04 Å². The Bertz CT molecular complexity index is 677. The molecule has 1 fully saturated rings. The summed E-state index contributed by atoms with van der Waals surface area (Å²) in [7, 11) is 0. The van der Waals surface area contributed by atoms with E-state index in [1.807, 2.05) is 12.1 Å². The summed E-state index contributed by atoms with van der Waals surface area (Å²) in [6.07, 6.45) is 2.53. The van der Waals surface area contributed by atoms with Gasteiger partial charge in [-0.05, 0) is 31.4 Å². The number of benzene rings is 1. The number of imide groups is 1. The number of alkyl halides is 1. The summed E-state index contributed by atoms with van der Waals surface area (Å²) >= 11 is 5.68. The van der Waals surface area contributed by atoms with Crippen LogP contribution >= 0.6 is 11.6 Å². The van der Waals surface area contributed by atoms with Gasteiger partial charge in [0.05, 0.1) is 0 Å². The van der Waals surface area contributed by atoms with Gasteiger partial charge < -0.3 is 10.2 Å². The lowest BCUT2D eigenvalue weighted by atomic mass is 10.0. The number of anilines is 1. The maximum Gasteiger partial charge on any atom is 0.255 e. The third-order valence-electron chi connectivity index (χ3n) is 4.46. The highest BCUT2D eigenvalue weighted by Gasteiger charge is 2.39. The lowest BCUT2D eigenvalue weighted by molar-refractivity contribution is -0.136. The predicted octanol–water partition coefficient (Wildman–Crippen LogP) is 1.88. The van der Waals surface area contributed by atoms with Crippen LogP contribution < -0.4 is 10.6 Å². The van der Waals surface area contributed by atoms with Crippen molar-refractivity contribution < 1.29 is 14.4 Å². The van der Waals surface area contributed by atoms with Gasteiger partial charge >= 0.3 is 0 Å². The van der Waals surface area contributed by atoms with Crippen LogP contribution in [0.4, 0.5) is 5.69 Å². The largest absolute Gasteiger partial charge is 0.385 e. The number of carbonyl (C=O) groups excluding carboxylic acids is 3. The lowest BCUT2D eigenvalue weighted by Crippen LogP contribution is -2.52. The van der Waals surface area contributed by atoms with Gasteiger partial charge in [-0.15, -0.1) is 11.6 Å². The number of unbranched alkanes of at least 4 members (excludes halogenated alkanes) is 1. The molecule has 3 rings (SSSR count). The van der Waals surface area contributed by atoms with Crippen LogP contribution in [0.3, 0.4) is 0 Å². The first-order chi connectivity index (χ1) is 11.6. The Balaban J connectivity index is 1.75. The highest BCUT2D eigenvalue weighted by molar-refractivity contribution is 6.17. The van der Waals surface area contributed by atoms with Gasteiger partial charge in [0.25, 0.3) is 5.91 Å². The molecule has 1 unspecified atom stereocenters. The zero-order chi connectivity index (χ0) is 17.1. The van der Waals surface area contributed by atoms with Gasteiger partial charge in [0.1, 0.15) is 6.04 Å². The van der Waals surface area contributed by atoms with E-state index in [2.05, 4.69) is 10.6 Å². The van der Waals surface area contributed by atoms with Crippen molar-refractivity contribution >= 4 is 35.0 Å². The van der Waals surface area contributed by atoms with Gasteiger partial charge in [-0.3, -0.25) is 19.7 Å². The van der Waals surface area contributed by atoms with Crippen LogP contribution in [0.25, 0.3) is 0 Å². The molecule has 7 heteroatoms. The standard InChI is InChI=1S/C17H20ClN3O3/c18-8-1-2-9-19-13-5-3-4-11-12(13)10-21(17(11)24)14-6-7-15(22)20-16(14)23/h3-5,14,19H,1-2,6-10H2,(H,20,22,23). The lowest BCUT2D eigenvalue weighted by Gasteiger charge is -2.29. The first kappa shape index (κ1) is 16.8. The predicted molar refractivity (Wildman–Crippen MR) is 90.9 cm³/mol. The van der Waals surface area contributed by atoms with Crippen LogP contribution in [0.5, 0.6) is 0 Å². The third kappa shape index (κ3) is 3.24. The van der Waals surface area contributed by atoms with Crippen molar-refractivity contribution in [2.45, 2.75) is 38.3 Å². The van der Waals surface area contributed by atoms with Crippen molar-refractivity contribution in [2.24, 2.45) is 0 Å². The van der Waals surface area contributed by atoms with E-state index in [1.165, 1.54) is 0 Å². The topological polar surface area (TPSA) is 78.5 Å². The number of amides is 3. The van der Waals surface area contributed by atoms with Crippen molar-refractivity contribution in [3.63, 3.8) is 0 Å². The quantitative estimate of drug-likeness (QED) is 0.467. The van der Waals surface area contributed by atoms with Gasteiger partial charge in [0.2, 0.25) is 11.8 Å². The second-order valence-corrected chi connectivity index (χ2v) is 6.43. The molecular weight excluding hydrogens is 330 g/mol. The normalized spacial score (nSPS) is 20.1. The summed E-state index contributed by atoms with van der Waals surface area (Å²) in [6, 6.07) is 5.00. The molecule has 3 amide bonds. The second-order valence-electron chi connectivity index (χ2n) is 6.05. The minimum Gasteiger partial charge on any atom is -0.385 e. The molecule has 128 valence electrons. The summed E-state index contributed by atoms with van der Waals surface area (Å²) in [4.78, 5) is 37.6. The average Bonchev–Trinajstić information content (AvgIpc) is 2.89. The SMILES string of the molecule is O=C1CCC(N2Cc3c(NCCCCCl)cccc3C2=O)C(=O)N1. The van der Waals surface area contributed by atoms with Crippen LogP contribution in [-0.2, 0) is 16.1 Å². The van der Waals surface area contributed by atoms with Crippen LogP contribution in [-0.4, -0.2) is 41.1 Å². The molecule has 2 aliphatic rings. The first-order valence-corrected chi connectivity index (χ1v) is 8.71. The van der Waals surface area contributed by atoms with Crippen LogP contribution in [0.15, 0.2) is 18.2 Å². The Morgan fingerprint density at radius 2 is 2.08 bits per heavy atom. The van der Waals surface area contributed by atoms with E-state index in [0.29, 0.717) is 24.4 Å². The minimum atomic E-state index is -0.577. The smallest absolute Gasteiger partial charge is 0.255 e. The van der Waals surface area contributed by atoms with Crippen molar-refractivity contribution in [3.05, 3.63) is 29.3 Å². The summed E-state index contributed by atoms with van der Waals surface area (Å²) in [5, 5.41) is 5.67. The molecule has 0 saturated carbocycles. The molecule has 2 aliphatic heterocycles. The number of hydrogen-bond donors (Lipinski definition) is 2. The molecule has 1 aromatic carbocycles. The number of nitrogens with one attached hydrogen (secondary N) is 2. The fourth-order valence-electron chi connectivity index (χ4n) is 3.19. The molecule has 1 saturated heterocycles. The molecule has 1 atom stereocenters. The van der Waals surface area contributed by atoms with Crippen molar-refractivity contribution in [1.82, 2.24) is 10.2 Å². The molecule has 24 heavy (non-hydrogen) atoms. The number of halogens is 1. The summed E-state index contributed by atoms with van der Waals surface area (Å²) in [5.41, 5.74) is 2.46. The molecular formula is C17H20ClN3O3. The molecule has 0 spiro atoms. The molecule has 0 radical (unpaired) electrons. The Hall–Kier alpha value is -2.08. The maximum absolute atomic E-state index is 12.7. The van der Waals surface area contributed by atoms with Gasteiger partial charge in [-0.1, -0.05) is 6.07 Å². The summed E-state index contributed by atoms with van der Waals surface area (Å²) in [5.74, 6) is -0.175. The number of piperidine rings is 1. The summed E-state index contributed by atoms with van der Waals surface area (Å²) in [6.45, 7) is 1.18. The third-order valence-corrected chi connectivity index (χ3v) is 4.73. The highest BCUT2D eigenvalue weighted by Crippen LogP contribution is 2.32. The number of nitrogens with zero attached hydrogens (tertiary/aromatic N) is 1. The Labute approximate surface area is 145 Å². The van der Waals surface area contributed by atoms with Crippen LogP contribution in [0.2, 0.25) is 0 Å². The number of rotatable bonds is 6. The summed E-state index contributed by atoms with van der Waals surface area (Å²) < 4.78 is 0. The number of fused-ring (bicyclic) bond motifs is 1. The fraction of sp³-hybridized carbons (Fsp3) is 0.471. The first-order valence-electron chi connectivity index (χ1n) is 8.18. The number of hydrogen-bond acceptors (Lipinski definition) is 4. The van der Waals surface area contributed by atoms with Crippen molar-refractivity contribution in [2.75, 3.05) is 17.7 Å². The highest BCUT2D eigenvalue weighted by atomic mass is 35.5. The van der Waals surface area contributed by atoms with Crippen molar-refractivity contribution in [3.8, 4) is 0 Å². The van der Waals surface area contributed by atoms with Gasteiger partial charge in [-0.2, -0.15) is 0 Å². The Morgan fingerprint density at radius 1 is 1.25 bits per heavy atom. The zero-order valence-electron chi connectivity index (χ0n) is 13.3. The van der Waals surface area contributed by atoms with Crippen LogP contribution in [0, 0.1) is 0 Å².